The number of anilines is 1. The van der Waals surface area contributed by atoms with E-state index < -0.39 is 17.5 Å². The summed E-state index contributed by atoms with van der Waals surface area (Å²) in [5.41, 5.74) is 2.96. The monoisotopic (exact) mass is 542 g/mol. The lowest BCUT2D eigenvalue weighted by molar-refractivity contribution is 0.0694. The molecule has 0 aliphatic carbocycles. The number of aromatic carboxylic acids is 1. The average Bonchev–Trinajstić information content (AvgIpc) is 3.31. The van der Waals surface area contributed by atoms with Gasteiger partial charge < -0.3 is 19.4 Å². The third-order valence-electron chi connectivity index (χ3n) is 6.09. The number of rotatable bonds is 7. The minimum absolute atomic E-state index is 0. The van der Waals surface area contributed by atoms with Crippen LogP contribution in [0.1, 0.15) is 38.6 Å². The smallest absolute Gasteiger partial charge is 0.413 e. The van der Waals surface area contributed by atoms with E-state index in [0.29, 0.717) is 51.0 Å². The Bertz CT molecular complexity index is 1780. The predicted molar refractivity (Wildman–Crippen MR) is 153 cm³/mol. The number of fused-ring (bicyclic) bond motifs is 2. The number of carbonyl (C=O) groups is 2. The quantitative estimate of drug-likeness (QED) is 0.242. The van der Waals surface area contributed by atoms with Crippen molar-refractivity contribution in [1.82, 2.24) is 24.5 Å². The predicted octanol–water partition coefficient (Wildman–Crippen LogP) is 5.56. The fourth-order valence-electron chi connectivity index (χ4n) is 4.49. The van der Waals surface area contributed by atoms with E-state index in [1.54, 1.807) is 31.5 Å². The number of nitrogens with one attached hydrogen (secondary N) is 2. The van der Waals surface area contributed by atoms with Crippen LogP contribution in [0.25, 0.3) is 44.5 Å². The van der Waals surface area contributed by atoms with Gasteiger partial charge in [-0.3, -0.25) is 10.1 Å². The van der Waals surface area contributed by atoms with Gasteiger partial charge in [-0.25, -0.2) is 24.5 Å². The fraction of sp³-hybridized carbons (Fsp3) is 0.241. The molecule has 3 heterocycles. The Labute approximate surface area is 229 Å². The van der Waals surface area contributed by atoms with E-state index in [1.807, 2.05) is 42.7 Å². The first kappa shape index (κ1) is 28.0. The fourth-order valence-corrected chi connectivity index (χ4v) is 4.49. The number of hydrogen-bond donors (Lipinski definition) is 3. The van der Waals surface area contributed by atoms with Crippen LogP contribution in [-0.2, 0) is 11.3 Å². The van der Waals surface area contributed by atoms with Crippen molar-refractivity contribution in [3.63, 3.8) is 0 Å². The first-order valence-electron chi connectivity index (χ1n) is 12.4. The third-order valence-corrected chi connectivity index (χ3v) is 6.09. The van der Waals surface area contributed by atoms with Crippen LogP contribution >= 0.6 is 0 Å². The number of carbonyl (C=O) groups excluding carboxylic acids is 1. The van der Waals surface area contributed by atoms with Gasteiger partial charge in [0.25, 0.3) is 0 Å². The second kappa shape index (κ2) is 11.4. The van der Waals surface area contributed by atoms with E-state index in [1.165, 1.54) is 6.20 Å². The number of aromatic amines is 1. The number of ether oxygens (including phenoxy) is 1. The van der Waals surface area contributed by atoms with E-state index in [9.17, 15) is 19.5 Å². The van der Waals surface area contributed by atoms with Gasteiger partial charge in [0.05, 0.1) is 17.6 Å². The lowest BCUT2D eigenvalue weighted by Gasteiger charge is -2.15. The van der Waals surface area contributed by atoms with Gasteiger partial charge in [-0.1, -0.05) is 27.3 Å². The van der Waals surface area contributed by atoms with Gasteiger partial charge in [-0.05, 0) is 54.3 Å². The third kappa shape index (κ3) is 5.39. The summed E-state index contributed by atoms with van der Waals surface area (Å²) in [5.74, 6) is -0.412. The second-order valence-electron chi connectivity index (χ2n) is 9.38. The molecule has 0 fully saturated rings. The molecule has 0 aliphatic heterocycles. The molecule has 0 unspecified atom stereocenters. The van der Waals surface area contributed by atoms with E-state index in [-0.39, 0.29) is 31.5 Å². The highest BCUT2D eigenvalue weighted by molar-refractivity contribution is 5.98. The van der Waals surface area contributed by atoms with Gasteiger partial charge in [0.1, 0.15) is 11.1 Å². The van der Waals surface area contributed by atoms with E-state index in [0.717, 1.165) is 0 Å². The Hall–Kier alpha value is -5.06. The average molecular weight is 543 g/mol. The molecule has 5 rings (SSSR count). The molecule has 0 saturated heterocycles. The zero-order valence-corrected chi connectivity index (χ0v) is 21.6. The first-order valence-corrected chi connectivity index (χ1v) is 12.4. The number of hydrogen-bond acceptors (Lipinski definition) is 7. The lowest BCUT2D eigenvalue weighted by Crippen LogP contribution is -2.20. The van der Waals surface area contributed by atoms with Gasteiger partial charge in [0.15, 0.2) is 5.82 Å². The number of pyridine rings is 1. The van der Waals surface area contributed by atoms with Gasteiger partial charge in [0.2, 0.25) is 11.4 Å². The summed E-state index contributed by atoms with van der Waals surface area (Å²) in [4.78, 5) is 53.3. The molecule has 206 valence electrons. The summed E-state index contributed by atoms with van der Waals surface area (Å²) in [7, 11) is 0. The van der Waals surface area contributed by atoms with Crippen LogP contribution in [-0.4, -0.2) is 48.3 Å². The highest BCUT2D eigenvalue weighted by atomic mass is 16.5. The van der Waals surface area contributed by atoms with E-state index in [4.69, 9.17) is 4.74 Å². The van der Waals surface area contributed by atoms with Crippen molar-refractivity contribution in [2.24, 2.45) is 5.92 Å². The molecule has 5 aromatic rings. The van der Waals surface area contributed by atoms with Gasteiger partial charge in [-0.15, -0.1) is 0 Å². The SMILES string of the molecule is C.CCOC(=O)Nc1nc2c(-c3ncccn3)cc(-c3ccc4c(c3)c(=O)c(C(=O)O)cn4CC(C)C)cc2[nH]1. The molecule has 40 heavy (non-hydrogen) atoms. The summed E-state index contributed by atoms with van der Waals surface area (Å²) in [5, 5.41) is 12.5. The Morgan fingerprint density at radius 3 is 2.55 bits per heavy atom. The molecule has 0 bridgehead atoms. The number of benzene rings is 2. The van der Waals surface area contributed by atoms with E-state index >= 15 is 0 Å². The lowest BCUT2D eigenvalue weighted by atomic mass is 9.98. The number of carboxylic acids is 1. The summed E-state index contributed by atoms with van der Waals surface area (Å²) in [6.45, 7) is 6.52. The zero-order valence-electron chi connectivity index (χ0n) is 21.6. The van der Waals surface area contributed by atoms with Crippen molar-refractivity contribution in [3.05, 3.63) is 70.8 Å². The first-order chi connectivity index (χ1) is 18.7. The van der Waals surface area contributed by atoms with Crippen molar-refractivity contribution in [1.29, 1.82) is 0 Å². The highest BCUT2D eigenvalue weighted by Gasteiger charge is 2.18. The van der Waals surface area contributed by atoms with Gasteiger partial charge in [0, 0.05) is 36.1 Å². The van der Waals surface area contributed by atoms with Crippen LogP contribution in [0, 0.1) is 5.92 Å². The van der Waals surface area contributed by atoms with Crippen molar-refractivity contribution >= 4 is 39.9 Å². The molecule has 0 saturated carbocycles. The maximum absolute atomic E-state index is 13.2. The van der Waals surface area contributed by atoms with E-state index in [2.05, 4.69) is 25.3 Å². The maximum atomic E-state index is 13.2. The van der Waals surface area contributed by atoms with Gasteiger partial charge in [-0.2, -0.15) is 0 Å². The van der Waals surface area contributed by atoms with Crippen molar-refractivity contribution < 1.29 is 19.4 Å². The molecule has 11 heteroatoms. The Morgan fingerprint density at radius 2 is 1.88 bits per heavy atom. The minimum atomic E-state index is -1.27. The van der Waals surface area contributed by atoms with Gasteiger partial charge >= 0.3 is 12.1 Å². The van der Waals surface area contributed by atoms with Crippen LogP contribution in [0.4, 0.5) is 10.7 Å². The number of nitrogens with zero attached hydrogens (tertiary/aromatic N) is 4. The molecule has 2 aromatic carbocycles. The summed E-state index contributed by atoms with van der Waals surface area (Å²) in [6.07, 6.45) is 4.00. The molecule has 0 atom stereocenters. The highest BCUT2D eigenvalue weighted by Crippen LogP contribution is 2.33. The molecular weight excluding hydrogens is 512 g/mol. The van der Waals surface area contributed by atoms with Crippen LogP contribution in [0.15, 0.2) is 59.8 Å². The zero-order chi connectivity index (χ0) is 27.7. The van der Waals surface area contributed by atoms with Crippen molar-refractivity contribution in [3.8, 4) is 22.5 Å². The van der Waals surface area contributed by atoms with Crippen LogP contribution < -0.4 is 10.7 Å². The molecule has 3 N–H and O–H groups in total. The standard InChI is InChI=1S/C28H26N6O5.CH4/c1-4-39-28(38)33-27-31-21-12-17(11-19(23(21)32-27)25-29-8-5-9-30-25)16-6-7-22-18(10-16)24(35)20(26(36)37)14-34(22)13-15(2)3;/h5-12,14-15H,4,13H2,1-3H3,(H,36,37)(H2,31,32,33,38);1H4. The van der Waals surface area contributed by atoms with Crippen molar-refractivity contribution in [2.45, 2.75) is 34.7 Å². The Kier molecular flexibility index (Phi) is 7.94. The minimum Gasteiger partial charge on any atom is -0.477 e. The van der Waals surface area contributed by atoms with Crippen LogP contribution in [0.3, 0.4) is 0 Å². The normalized spacial score (nSPS) is 11.0. The van der Waals surface area contributed by atoms with Crippen LogP contribution in [0.2, 0.25) is 0 Å². The summed E-state index contributed by atoms with van der Waals surface area (Å²) in [6, 6.07) is 10.8. The molecule has 0 radical (unpaired) electrons. The topological polar surface area (TPSA) is 152 Å². The Balaban J connectivity index is 0.00000370. The molecule has 11 nitrogen and oxygen atoms in total. The number of carboxylic acid groups (broad SMARTS) is 1. The molecule has 0 aliphatic rings. The summed E-state index contributed by atoms with van der Waals surface area (Å²) >= 11 is 0. The van der Waals surface area contributed by atoms with Crippen molar-refractivity contribution in [2.75, 3.05) is 11.9 Å². The molecule has 3 aromatic heterocycles. The summed E-state index contributed by atoms with van der Waals surface area (Å²) < 4.78 is 6.76. The Morgan fingerprint density at radius 1 is 1.12 bits per heavy atom. The number of aromatic nitrogens is 5. The molecule has 0 spiro atoms. The number of imidazole rings is 1. The number of H-pyrrole nitrogens is 1. The molecular formula is C29H30N6O5. The van der Waals surface area contributed by atoms with Crippen LogP contribution in [0.5, 0.6) is 0 Å². The number of amides is 1. The second-order valence-corrected chi connectivity index (χ2v) is 9.38. The molecule has 1 amide bonds. The largest absolute Gasteiger partial charge is 0.477 e. The maximum Gasteiger partial charge on any atom is 0.413 e.